The van der Waals surface area contributed by atoms with E-state index in [0.717, 1.165) is 0 Å². The van der Waals surface area contributed by atoms with E-state index in [2.05, 4.69) is 5.32 Å². The summed E-state index contributed by atoms with van der Waals surface area (Å²) in [5, 5.41) is 23.0. The fraction of sp³-hybridized carbons (Fsp3) is 0.300. The predicted octanol–water partition coefficient (Wildman–Crippen LogP) is 0.815. The Morgan fingerprint density at radius 1 is 1.67 bits per heavy atom. The molecular formula is C10H12ClN3O4. The number of nitrogens with two attached hydrogens (primary N) is 1. The van der Waals surface area contributed by atoms with Crippen molar-refractivity contribution < 1.29 is 14.8 Å². The summed E-state index contributed by atoms with van der Waals surface area (Å²) in [6.45, 7) is 1.37. The third-order valence-corrected chi connectivity index (χ3v) is 2.78. The first-order valence-electron chi connectivity index (χ1n) is 4.99. The number of amides is 1. The molecule has 0 radical (unpaired) electrons. The molecular weight excluding hydrogens is 262 g/mol. The second-order valence-corrected chi connectivity index (χ2v) is 4.03. The lowest BCUT2D eigenvalue weighted by Gasteiger charge is -2.13. The molecule has 1 aromatic carbocycles. The van der Waals surface area contributed by atoms with Crippen LogP contribution in [0.4, 0.5) is 11.4 Å². The molecule has 0 saturated heterocycles. The van der Waals surface area contributed by atoms with E-state index in [1.165, 1.54) is 12.1 Å². The van der Waals surface area contributed by atoms with Gasteiger partial charge in [0.05, 0.1) is 11.5 Å². The van der Waals surface area contributed by atoms with Crippen LogP contribution in [0.2, 0.25) is 5.02 Å². The molecule has 98 valence electrons. The Labute approximate surface area is 108 Å². The number of halogens is 1. The summed E-state index contributed by atoms with van der Waals surface area (Å²) in [6, 6.07) is 2.65. The Morgan fingerprint density at radius 2 is 2.28 bits per heavy atom. The van der Waals surface area contributed by atoms with Gasteiger partial charge in [0.1, 0.15) is 11.8 Å². The van der Waals surface area contributed by atoms with Gasteiger partial charge in [-0.15, -0.1) is 0 Å². The van der Waals surface area contributed by atoms with E-state index in [0.29, 0.717) is 10.6 Å². The molecule has 1 aromatic rings. The van der Waals surface area contributed by atoms with Gasteiger partial charge < -0.3 is 16.2 Å². The van der Waals surface area contributed by atoms with E-state index < -0.39 is 16.9 Å². The molecule has 1 amide bonds. The Bertz CT molecular complexity index is 492. The maximum absolute atomic E-state index is 10.8. The highest BCUT2D eigenvalue weighted by molar-refractivity contribution is 6.31. The zero-order chi connectivity index (χ0) is 13.9. The van der Waals surface area contributed by atoms with Crippen LogP contribution in [0, 0.1) is 17.0 Å². The molecule has 0 aliphatic carbocycles. The Balaban J connectivity index is 3.02. The number of carbonyl (C=O) groups excluding carboxylic acids is 1. The summed E-state index contributed by atoms with van der Waals surface area (Å²) in [7, 11) is 0. The van der Waals surface area contributed by atoms with E-state index in [1.807, 2.05) is 0 Å². The molecule has 0 aliphatic rings. The van der Waals surface area contributed by atoms with E-state index in [9.17, 15) is 20.0 Å². The summed E-state index contributed by atoms with van der Waals surface area (Å²) in [5.41, 5.74) is 5.31. The smallest absolute Gasteiger partial charge is 0.292 e. The topological polar surface area (TPSA) is 118 Å². The summed E-state index contributed by atoms with van der Waals surface area (Å²) in [4.78, 5) is 20.9. The molecule has 0 aliphatic heterocycles. The van der Waals surface area contributed by atoms with Crippen molar-refractivity contribution >= 4 is 28.9 Å². The first-order chi connectivity index (χ1) is 8.34. The Hall–Kier alpha value is -1.86. The number of carbonyl (C=O) groups is 1. The first-order valence-corrected chi connectivity index (χ1v) is 5.37. The van der Waals surface area contributed by atoms with E-state index in [4.69, 9.17) is 17.3 Å². The molecule has 8 heteroatoms. The standard InChI is InChI=1S/C10H12ClN3O4/c1-5-6(11)2-3-7(14(17)18)9(5)13-4-8(15)10(12)16/h2-3,8,13,15H,4H2,1H3,(H2,12,16). The van der Waals surface area contributed by atoms with Crippen molar-refractivity contribution in [1.29, 1.82) is 0 Å². The van der Waals surface area contributed by atoms with E-state index in [1.54, 1.807) is 6.92 Å². The number of primary amides is 1. The highest BCUT2D eigenvalue weighted by Crippen LogP contribution is 2.32. The average Bonchev–Trinajstić information content (AvgIpc) is 2.29. The maximum atomic E-state index is 10.8. The van der Waals surface area contributed by atoms with Crippen LogP contribution in [0.25, 0.3) is 0 Å². The second-order valence-electron chi connectivity index (χ2n) is 3.62. The number of nitro groups is 1. The molecule has 0 bridgehead atoms. The van der Waals surface area contributed by atoms with Gasteiger partial charge in [0.2, 0.25) is 5.91 Å². The molecule has 0 spiro atoms. The predicted molar refractivity (Wildman–Crippen MR) is 66.5 cm³/mol. The number of nitrogens with one attached hydrogen (secondary N) is 1. The van der Waals surface area contributed by atoms with Crippen molar-refractivity contribution in [3.05, 3.63) is 32.8 Å². The van der Waals surface area contributed by atoms with Crippen LogP contribution < -0.4 is 11.1 Å². The number of nitro benzene ring substituents is 1. The zero-order valence-corrected chi connectivity index (χ0v) is 10.3. The van der Waals surface area contributed by atoms with Gasteiger partial charge in [-0.05, 0) is 18.6 Å². The Kier molecular flexibility index (Phi) is 4.46. The molecule has 1 rings (SSSR count). The van der Waals surface area contributed by atoms with E-state index in [-0.39, 0.29) is 17.9 Å². The number of nitrogens with zero attached hydrogens (tertiary/aromatic N) is 1. The third kappa shape index (κ3) is 3.08. The quantitative estimate of drug-likeness (QED) is 0.542. The van der Waals surface area contributed by atoms with Gasteiger partial charge in [-0.2, -0.15) is 0 Å². The normalized spacial score (nSPS) is 11.9. The summed E-state index contributed by atoms with van der Waals surface area (Å²) in [5.74, 6) is -0.912. The van der Waals surface area contributed by atoms with Gasteiger partial charge in [-0.3, -0.25) is 14.9 Å². The lowest BCUT2D eigenvalue weighted by molar-refractivity contribution is -0.384. The fourth-order valence-corrected chi connectivity index (χ4v) is 1.50. The van der Waals surface area contributed by atoms with Gasteiger partial charge in [-0.25, -0.2) is 0 Å². The third-order valence-electron chi connectivity index (χ3n) is 2.37. The molecule has 0 fully saturated rings. The van der Waals surface area contributed by atoms with Crippen LogP contribution in [0.15, 0.2) is 12.1 Å². The minimum atomic E-state index is -1.43. The number of aliphatic hydroxyl groups is 1. The molecule has 0 saturated carbocycles. The number of hydrogen-bond donors (Lipinski definition) is 3. The molecule has 18 heavy (non-hydrogen) atoms. The van der Waals surface area contributed by atoms with Crippen molar-refractivity contribution in [2.24, 2.45) is 5.73 Å². The van der Waals surface area contributed by atoms with Crippen molar-refractivity contribution in [3.8, 4) is 0 Å². The average molecular weight is 274 g/mol. The number of anilines is 1. The highest BCUT2D eigenvalue weighted by Gasteiger charge is 2.19. The summed E-state index contributed by atoms with van der Waals surface area (Å²) < 4.78 is 0. The number of rotatable bonds is 5. The molecule has 0 aromatic heterocycles. The number of hydrogen-bond acceptors (Lipinski definition) is 5. The van der Waals surface area contributed by atoms with Crippen LogP contribution in [-0.2, 0) is 4.79 Å². The minimum absolute atomic E-state index is 0.160. The number of benzene rings is 1. The van der Waals surface area contributed by atoms with Crippen LogP contribution in [0.1, 0.15) is 5.56 Å². The fourth-order valence-electron chi connectivity index (χ4n) is 1.35. The van der Waals surface area contributed by atoms with E-state index >= 15 is 0 Å². The van der Waals surface area contributed by atoms with Crippen LogP contribution in [0.5, 0.6) is 0 Å². The monoisotopic (exact) mass is 273 g/mol. The molecule has 1 atom stereocenters. The maximum Gasteiger partial charge on any atom is 0.292 e. The zero-order valence-electron chi connectivity index (χ0n) is 9.51. The summed E-state index contributed by atoms with van der Waals surface area (Å²) >= 11 is 5.85. The molecule has 1 unspecified atom stereocenters. The van der Waals surface area contributed by atoms with Gasteiger partial charge >= 0.3 is 0 Å². The SMILES string of the molecule is Cc1c(Cl)ccc([N+](=O)[O-])c1NCC(O)C(N)=O. The Morgan fingerprint density at radius 3 is 2.78 bits per heavy atom. The lowest BCUT2D eigenvalue weighted by Crippen LogP contribution is -2.34. The van der Waals surface area contributed by atoms with Gasteiger partial charge in [0.25, 0.3) is 5.69 Å². The van der Waals surface area contributed by atoms with Crippen molar-refractivity contribution in [3.63, 3.8) is 0 Å². The molecule has 0 heterocycles. The van der Waals surface area contributed by atoms with Crippen molar-refractivity contribution in [2.75, 3.05) is 11.9 Å². The lowest BCUT2D eigenvalue weighted by atomic mass is 10.1. The minimum Gasteiger partial charge on any atom is -0.381 e. The second kappa shape index (κ2) is 5.65. The van der Waals surface area contributed by atoms with Gasteiger partial charge in [-0.1, -0.05) is 11.6 Å². The van der Waals surface area contributed by atoms with Gasteiger partial charge in [0, 0.05) is 11.1 Å². The molecule has 4 N–H and O–H groups in total. The van der Waals surface area contributed by atoms with Crippen LogP contribution in [-0.4, -0.2) is 28.6 Å². The largest absolute Gasteiger partial charge is 0.381 e. The van der Waals surface area contributed by atoms with Crippen LogP contribution in [0.3, 0.4) is 0 Å². The van der Waals surface area contributed by atoms with Crippen molar-refractivity contribution in [1.82, 2.24) is 0 Å². The highest BCUT2D eigenvalue weighted by atomic mass is 35.5. The van der Waals surface area contributed by atoms with Gasteiger partial charge in [0.15, 0.2) is 0 Å². The van der Waals surface area contributed by atoms with Crippen molar-refractivity contribution in [2.45, 2.75) is 13.0 Å². The first kappa shape index (κ1) is 14.2. The summed E-state index contributed by atoms with van der Waals surface area (Å²) in [6.07, 6.45) is -1.43. The number of aliphatic hydroxyl groups excluding tert-OH is 1. The van der Waals surface area contributed by atoms with Crippen LogP contribution >= 0.6 is 11.6 Å². The molecule has 7 nitrogen and oxygen atoms in total.